The molecule has 3 rings (SSSR count). The summed E-state index contributed by atoms with van der Waals surface area (Å²) in [6.07, 6.45) is 1.14. The fourth-order valence-electron chi connectivity index (χ4n) is 4.00. The molecule has 0 radical (unpaired) electrons. The summed E-state index contributed by atoms with van der Waals surface area (Å²) < 4.78 is 10.7. The van der Waals surface area contributed by atoms with Crippen molar-refractivity contribution < 1.29 is 19.1 Å². The Bertz CT molecular complexity index is 695. The van der Waals surface area contributed by atoms with Crippen molar-refractivity contribution in [2.75, 3.05) is 13.7 Å². The van der Waals surface area contributed by atoms with Gasteiger partial charge in [-0.25, -0.2) is 4.79 Å². The van der Waals surface area contributed by atoms with Crippen LogP contribution in [0.15, 0.2) is 24.3 Å². The second-order valence-corrected chi connectivity index (χ2v) is 8.12. The maximum atomic E-state index is 13.1. The monoisotopic (exact) mass is 360 g/mol. The van der Waals surface area contributed by atoms with Crippen molar-refractivity contribution >= 4 is 12.0 Å². The molecule has 2 unspecified atom stereocenters. The van der Waals surface area contributed by atoms with Crippen LogP contribution >= 0.6 is 0 Å². The van der Waals surface area contributed by atoms with Crippen LogP contribution in [0.4, 0.5) is 4.79 Å². The maximum Gasteiger partial charge on any atom is 0.411 e. The molecule has 6 nitrogen and oxygen atoms in total. The van der Waals surface area contributed by atoms with Gasteiger partial charge in [0.2, 0.25) is 0 Å². The quantitative estimate of drug-likeness (QED) is 0.777. The van der Waals surface area contributed by atoms with Crippen LogP contribution in [0.25, 0.3) is 0 Å². The first-order valence-electron chi connectivity index (χ1n) is 9.13. The zero-order valence-corrected chi connectivity index (χ0v) is 16.2. The maximum absolute atomic E-state index is 13.1. The van der Waals surface area contributed by atoms with Crippen molar-refractivity contribution in [3.63, 3.8) is 0 Å². The highest BCUT2D eigenvalue weighted by atomic mass is 16.6. The molecule has 0 aliphatic carbocycles. The van der Waals surface area contributed by atoms with Crippen LogP contribution in [0, 0.1) is 0 Å². The van der Waals surface area contributed by atoms with E-state index in [1.165, 1.54) is 0 Å². The molecule has 2 saturated heterocycles. The molecule has 0 bridgehead atoms. The minimum Gasteiger partial charge on any atom is -0.497 e. The lowest BCUT2D eigenvalue weighted by Crippen LogP contribution is -2.77. The average molecular weight is 360 g/mol. The number of β-lactam (4-membered cyclic amide) rings is 1. The summed E-state index contributed by atoms with van der Waals surface area (Å²) in [5.74, 6) is 0.810. The number of hydrogen-bond acceptors (Lipinski definition) is 4. The van der Waals surface area contributed by atoms with E-state index >= 15 is 0 Å². The largest absolute Gasteiger partial charge is 0.497 e. The Morgan fingerprint density at radius 1 is 1.27 bits per heavy atom. The zero-order chi connectivity index (χ0) is 19.1. The van der Waals surface area contributed by atoms with Crippen molar-refractivity contribution in [1.82, 2.24) is 9.80 Å². The molecular weight excluding hydrogens is 332 g/mol. The van der Waals surface area contributed by atoms with Gasteiger partial charge >= 0.3 is 6.09 Å². The smallest absolute Gasteiger partial charge is 0.411 e. The molecule has 142 valence electrons. The molecule has 1 spiro atoms. The van der Waals surface area contributed by atoms with Crippen LogP contribution in [0.2, 0.25) is 0 Å². The number of carbonyl (C=O) groups excluding carboxylic acids is 2. The molecule has 2 aliphatic heterocycles. The van der Waals surface area contributed by atoms with Crippen LogP contribution in [0.3, 0.4) is 0 Å². The van der Waals surface area contributed by atoms with Crippen LogP contribution in [-0.4, -0.2) is 52.6 Å². The number of methoxy groups -OCH3 is 1. The van der Waals surface area contributed by atoms with E-state index < -0.39 is 11.1 Å². The lowest BCUT2D eigenvalue weighted by molar-refractivity contribution is -0.172. The highest BCUT2D eigenvalue weighted by Crippen LogP contribution is 2.45. The van der Waals surface area contributed by atoms with Crippen molar-refractivity contribution in [3.8, 4) is 5.75 Å². The third-order valence-electron chi connectivity index (χ3n) is 5.34. The molecule has 2 amide bonds. The summed E-state index contributed by atoms with van der Waals surface area (Å²) in [5, 5.41) is 0. The van der Waals surface area contributed by atoms with E-state index in [4.69, 9.17) is 9.47 Å². The molecule has 1 aromatic carbocycles. The van der Waals surface area contributed by atoms with Crippen LogP contribution in [0.1, 0.15) is 46.1 Å². The number of nitrogens with zero attached hydrogens (tertiary/aromatic N) is 2. The van der Waals surface area contributed by atoms with Crippen molar-refractivity contribution in [2.45, 2.75) is 64.3 Å². The first-order valence-corrected chi connectivity index (χ1v) is 9.13. The summed E-state index contributed by atoms with van der Waals surface area (Å²) in [7, 11) is 1.63. The number of likely N-dealkylation sites (tertiary alicyclic amines) is 2. The van der Waals surface area contributed by atoms with Crippen molar-refractivity contribution in [2.24, 2.45) is 0 Å². The fraction of sp³-hybridized carbons (Fsp3) is 0.600. The number of rotatable bonds is 3. The Morgan fingerprint density at radius 2 is 1.92 bits per heavy atom. The highest BCUT2D eigenvalue weighted by molar-refractivity contribution is 5.97. The SMILES string of the molecule is COc1ccc(CN2C(=O)C3(CCCN3C(=O)OC(C)(C)C)C2C)cc1. The Hall–Kier alpha value is -2.24. The summed E-state index contributed by atoms with van der Waals surface area (Å²) in [4.78, 5) is 29.2. The Balaban J connectivity index is 1.73. The van der Waals surface area contributed by atoms with E-state index in [0.29, 0.717) is 19.5 Å². The topological polar surface area (TPSA) is 59.1 Å². The fourth-order valence-corrected chi connectivity index (χ4v) is 4.00. The predicted molar refractivity (Wildman–Crippen MR) is 97.9 cm³/mol. The van der Waals surface area contributed by atoms with Crippen molar-refractivity contribution in [3.05, 3.63) is 29.8 Å². The van der Waals surface area contributed by atoms with Gasteiger partial charge in [-0.2, -0.15) is 0 Å². The van der Waals surface area contributed by atoms with Gasteiger partial charge in [0.15, 0.2) is 0 Å². The Kier molecular flexibility index (Phi) is 4.63. The third-order valence-corrected chi connectivity index (χ3v) is 5.34. The van der Waals surface area contributed by atoms with E-state index in [1.807, 2.05) is 56.9 Å². The van der Waals surface area contributed by atoms with Gasteiger partial charge in [-0.15, -0.1) is 0 Å². The van der Waals surface area contributed by atoms with E-state index in [9.17, 15) is 9.59 Å². The van der Waals surface area contributed by atoms with E-state index in [0.717, 1.165) is 17.7 Å². The Labute approximate surface area is 155 Å². The lowest BCUT2D eigenvalue weighted by Gasteiger charge is -2.56. The number of carbonyl (C=O) groups is 2. The number of amides is 2. The van der Waals surface area contributed by atoms with Crippen LogP contribution in [0.5, 0.6) is 5.75 Å². The van der Waals surface area contributed by atoms with E-state index in [-0.39, 0.29) is 18.0 Å². The van der Waals surface area contributed by atoms with Crippen molar-refractivity contribution in [1.29, 1.82) is 0 Å². The third kappa shape index (κ3) is 3.02. The van der Waals surface area contributed by atoms with Gasteiger partial charge in [0, 0.05) is 13.1 Å². The van der Waals surface area contributed by atoms with Gasteiger partial charge in [-0.05, 0) is 58.2 Å². The molecule has 2 heterocycles. The van der Waals surface area contributed by atoms with Gasteiger partial charge < -0.3 is 14.4 Å². The minimum absolute atomic E-state index is 0.0178. The minimum atomic E-state index is -0.741. The summed E-state index contributed by atoms with van der Waals surface area (Å²) in [6, 6.07) is 7.67. The summed E-state index contributed by atoms with van der Waals surface area (Å²) in [6.45, 7) is 8.66. The van der Waals surface area contributed by atoms with Gasteiger partial charge in [0.05, 0.1) is 13.2 Å². The molecule has 2 atom stereocenters. The van der Waals surface area contributed by atoms with Crippen LogP contribution < -0.4 is 4.74 Å². The molecule has 0 saturated carbocycles. The lowest BCUT2D eigenvalue weighted by atomic mass is 9.77. The van der Waals surface area contributed by atoms with Crippen LogP contribution in [-0.2, 0) is 16.1 Å². The Morgan fingerprint density at radius 3 is 2.46 bits per heavy atom. The molecule has 2 fully saturated rings. The highest BCUT2D eigenvalue weighted by Gasteiger charge is 2.65. The van der Waals surface area contributed by atoms with Gasteiger partial charge in [0.25, 0.3) is 5.91 Å². The standard InChI is InChI=1S/C20H28N2O4/c1-14-20(11-6-12-22(20)18(24)26-19(2,3)4)17(23)21(14)13-15-7-9-16(25-5)10-8-15/h7-10,14H,6,11-13H2,1-5H3. The molecule has 2 aliphatic rings. The van der Waals surface area contributed by atoms with Gasteiger partial charge in [-0.1, -0.05) is 12.1 Å². The molecule has 0 aromatic heterocycles. The number of hydrogen-bond donors (Lipinski definition) is 0. The molecule has 6 heteroatoms. The first kappa shape index (κ1) is 18.5. The van der Waals surface area contributed by atoms with Gasteiger partial charge in [0.1, 0.15) is 16.9 Å². The molecule has 26 heavy (non-hydrogen) atoms. The predicted octanol–water partition coefficient (Wildman–Crippen LogP) is 3.20. The summed E-state index contributed by atoms with van der Waals surface area (Å²) >= 11 is 0. The van der Waals surface area contributed by atoms with E-state index in [2.05, 4.69) is 0 Å². The second kappa shape index (κ2) is 6.49. The zero-order valence-electron chi connectivity index (χ0n) is 16.2. The molecular formula is C20H28N2O4. The summed E-state index contributed by atoms with van der Waals surface area (Å²) in [5.41, 5.74) is -0.267. The van der Waals surface area contributed by atoms with E-state index in [1.54, 1.807) is 12.0 Å². The number of benzene rings is 1. The van der Waals surface area contributed by atoms with Gasteiger partial charge in [-0.3, -0.25) is 9.69 Å². The molecule has 0 N–H and O–H groups in total. The normalized spacial score (nSPS) is 25.4. The first-order chi connectivity index (χ1) is 12.2. The number of ether oxygens (including phenoxy) is 2. The average Bonchev–Trinajstić information content (AvgIpc) is 3.05. The molecule has 1 aromatic rings. The second-order valence-electron chi connectivity index (χ2n) is 8.12.